The Kier molecular flexibility index (Phi) is 7.84. The van der Waals surface area contributed by atoms with Crippen LogP contribution in [0.3, 0.4) is 0 Å². The van der Waals surface area contributed by atoms with Crippen molar-refractivity contribution < 1.29 is 14.6 Å². The highest BCUT2D eigenvalue weighted by atomic mass is 16.5. The third-order valence-corrected chi connectivity index (χ3v) is 8.15. The van der Waals surface area contributed by atoms with Crippen LogP contribution in [0.1, 0.15) is 42.0 Å². The molecule has 43 heavy (non-hydrogen) atoms. The number of allylic oxidation sites excluding steroid dienone is 2. The van der Waals surface area contributed by atoms with Gasteiger partial charge in [0.05, 0.1) is 12.0 Å². The zero-order valence-electron chi connectivity index (χ0n) is 24.0. The Bertz CT molecular complexity index is 1900. The molecule has 0 saturated carbocycles. The van der Waals surface area contributed by atoms with Crippen LogP contribution in [0.2, 0.25) is 0 Å². The van der Waals surface area contributed by atoms with Gasteiger partial charge in [-0.15, -0.1) is 6.42 Å². The summed E-state index contributed by atoms with van der Waals surface area (Å²) in [4.78, 5) is 10.5. The number of nitrogens with zero attached hydrogens (tertiary/aromatic N) is 1. The van der Waals surface area contributed by atoms with E-state index < -0.39 is 5.41 Å². The van der Waals surface area contributed by atoms with Gasteiger partial charge in [-0.25, -0.2) is 0 Å². The van der Waals surface area contributed by atoms with Crippen molar-refractivity contribution in [3.8, 4) is 23.8 Å². The standard InChI is InChI=1S/C38H31NO4/c1-3-7-36-34(4-2)35-8-5-6-9-37(35)38(36,31-15-11-29-25-33(43-21-19-40)17-13-27(29)23-31)30-14-10-28-24-32(42-20-18-39-41)16-12-26(28)22-30/h2,6,9-17,22-25,40H,3,7,18-21H2,1H3. The minimum absolute atomic E-state index is 0.0326. The molecule has 1 aliphatic rings. The number of ether oxygens (including phenoxy) is 2. The molecule has 5 aromatic carbocycles. The number of hydrogen-bond acceptors (Lipinski definition) is 5. The lowest BCUT2D eigenvalue weighted by Crippen LogP contribution is -2.30. The summed E-state index contributed by atoms with van der Waals surface area (Å²) in [7, 11) is 0. The molecule has 6 rings (SSSR count). The van der Waals surface area contributed by atoms with Gasteiger partial charge in [0.1, 0.15) is 31.3 Å². The Morgan fingerprint density at radius 3 is 2.05 bits per heavy atom. The van der Waals surface area contributed by atoms with Gasteiger partial charge in [-0.3, -0.25) is 0 Å². The third-order valence-electron chi connectivity index (χ3n) is 8.15. The van der Waals surface area contributed by atoms with Crippen molar-refractivity contribution in [1.82, 2.24) is 0 Å². The maximum Gasteiger partial charge on any atom is 0.120 e. The third kappa shape index (κ3) is 4.89. The van der Waals surface area contributed by atoms with Crippen LogP contribution in [0.4, 0.5) is 0 Å². The monoisotopic (exact) mass is 565 g/mol. The van der Waals surface area contributed by atoms with Gasteiger partial charge in [-0.2, -0.15) is 4.91 Å². The van der Waals surface area contributed by atoms with E-state index in [1.54, 1.807) is 0 Å². The van der Waals surface area contributed by atoms with Crippen LogP contribution < -0.4 is 9.47 Å². The summed E-state index contributed by atoms with van der Waals surface area (Å²) in [6.45, 7) is 2.76. The molecule has 1 unspecified atom stereocenters. The Morgan fingerprint density at radius 2 is 1.47 bits per heavy atom. The number of nitroso groups, excluding NO2 is 1. The second-order valence-electron chi connectivity index (χ2n) is 10.6. The van der Waals surface area contributed by atoms with Gasteiger partial charge in [0, 0.05) is 11.1 Å². The largest absolute Gasteiger partial charge is 0.492 e. The molecule has 212 valence electrons. The van der Waals surface area contributed by atoms with Crippen LogP contribution in [0.15, 0.2) is 95.7 Å². The average molecular weight is 566 g/mol. The zero-order chi connectivity index (χ0) is 29.8. The summed E-state index contributed by atoms with van der Waals surface area (Å²) in [6.07, 6.45) is 7.99. The Labute approximate surface area is 251 Å². The minimum Gasteiger partial charge on any atom is -0.492 e. The van der Waals surface area contributed by atoms with E-state index in [1.807, 2.05) is 30.3 Å². The van der Waals surface area contributed by atoms with E-state index >= 15 is 0 Å². The van der Waals surface area contributed by atoms with Crippen molar-refractivity contribution in [2.75, 3.05) is 26.4 Å². The molecule has 5 aromatic rings. The zero-order valence-corrected chi connectivity index (χ0v) is 24.0. The summed E-state index contributed by atoms with van der Waals surface area (Å²) in [5.41, 5.74) is 5.72. The maximum atomic E-state index is 10.5. The predicted molar refractivity (Wildman–Crippen MR) is 171 cm³/mol. The smallest absolute Gasteiger partial charge is 0.120 e. The van der Waals surface area contributed by atoms with Crippen LogP contribution in [-0.4, -0.2) is 31.5 Å². The van der Waals surface area contributed by atoms with Crippen molar-refractivity contribution >= 4 is 27.1 Å². The topological polar surface area (TPSA) is 68.1 Å². The molecular weight excluding hydrogens is 534 g/mol. The van der Waals surface area contributed by atoms with Crippen molar-refractivity contribution in [3.05, 3.63) is 130 Å². The fourth-order valence-electron chi connectivity index (χ4n) is 6.41. The van der Waals surface area contributed by atoms with Gasteiger partial charge >= 0.3 is 0 Å². The van der Waals surface area contributed by atoms with Gasteiger partial charge in [-0.1, -0.05) is 73.0 Å². The summed E-state index contributed by atoms with van der Waals surface area (Å²) in [5.74, 6) is 4.45. The Balaban J connectivity index is 1.58. The van der Waals surface area contributed by atoms with E-state index in [0.717, 1.165) is 68.0 Å². The van der Waals surface area contributed by atoms with Crippen molar-refractivity contribution in [3.63, 3.8) is 0 Å². The Hall–Kier alpha value is -5.10. The molecule has 0 radical (unpaired) electrons. The van der Waals surface area contributed by atoms with Crippen molar-refractivity contribution in [2.24, 2.45) is 5.18 Å². The van der Waals surface area contributed by atoms with Crippen LogP contribution >= 0.6 is 0 Å². The average Bonchev–Trinajstić information content (AvgIpc) is 3.33. The summed E-state index contributed by atoms with van der Waals surface area (Å²) >= 11 is 0. The van der Waals surface area contributed by atoms with Crippen LogP contribution in [0, 0.1) is 29.4 Å². The molecule has 0 amide bonds. The fourth-order valence-corrected chi connectivity index (χ4v) is 6.41. The van der Waals surface area contributed by atoms with Gasteiger partial charge in [0.2, 0.25) is 0 Å². The summed E-state index contributed by atoms with van der Waals surface area (Å²) in [5, 5.41) is 16.3. The highest BCUT2D eigenvalue weighted by molar-refractivity contribution is 5.95. The molecule has 0 fully saturated rings. The highest BCUT2D eigenvalue weighted by Crippen LogP contribution is 2.56. The van der Waals surface area contributed by atoms with E-state index in [-0.39, 0.29) is 26.4 Å². The molecule has 0 bridgehead atoms. The molecule has 0 spiro atoms. The number of rotatable bonds is 11. The SMILES string of the molecule is C#CC1=C(CCC)C(c2ccc3cc(OCCO)ccc3c2)(c2ccc3cc(OCCN=O)ccc3c2)c2ccc#cc21. The van der Waals surface area contributed by atoms with Crippen molar-refractivity contribution in [2.45, 2.75) is 25.2 Å². The van der Waals surface area contributed by atoms with Gasteiger partial charge in [-0.05, 0) is 98.8 Å². The molecule has 0 heterocycles. The first-order valence-electron chi connectivity index (χ1n) is 14.5. The summed E-state index contributed by atoms with van der Waals surface area (Å²) in [6, 6.07) is 35.7. The number of benzene rings is 4. The molecule has 0 aromatic heterocycles. The van der Waals surface area contributed by atoms with E-state index in [4.69, 9.17) is 15.9 Å². The van der Waals surface area contributed by atoms with E-state index in [9.17, 15) is 10.0 Å². The molecule has 1 atom stereocenters. The lowest BCUT2D eigenvalue weighted by molar-refractivity contribution is 0.201. The first-order chi connectivity index (χ1) is 21.1. The van der Waals surface area contributed by atoms with Crippen LogP contribution in [0.25, 0.3) is 27.1 Å². The van der Waals surface area contributed by atoms with Crippen molar-refractivity contribution in [1.29, 1.82) is 0 Å². The van der Waals surface area contributed by atoms with Gasteiger partial charge in [0.25, 0.3) is 0 Å². The molecule has 5 nitrogen and oxygen atoms in total. The molecule has 1 aliphatic carbocycles. The van der Waals surface area contributed by atoms with E-state index in [0.29, 0.717) is 5.75 Å². The maximum absolute atomic E-state index is 10.5. The Morgan fingerprint density at radius 1 is 0.860 bits per heavy atom. The number of aliphatic hydroxyl groups is 1. The molecule has 0 saturated heterocycles. The first-order valence-corrected chi connectivity index (χ1v) is 14.5. The van der Waals surface area contributed by atoms with Crippen LogP contribution in [0.5, 0.6) is 11.5 Å². The minimum atomic E-state index is -0.627. The molecular formula is C38H31NO4. The lowest BCUT2D eigenvalue weighted by atomic mass is 9.65. The number of hydrogen-bond donors (Lipinski definition) is 1. The van der Waals surface area contributed by atoms with Gasteiger partial charge in [0.15, 0.2) is 0 Å². The number of fused-ring (bicyclic) bond motifs is 3. The second-order valence-corrected chi connectivity index (χ2v) is 10.6. The van der Waals surface area contributed by atoms with E-state index in [1.165, 1.54) is 5.57 Å². The number of aliphatic hydroxyl groups excluding tert-OH is 1. The summed E-state index contributed by atoms with van der Waals surface area (Å²) < 4.78 is 11.4. The second kappa shape index (κ2) is 12.0. The first kappa shape index (κ1) is 28.0. The number of terminal acetylenes is 1. The highest BCUT2D eigenvalue weighted by Gasteiger charge is 2.47. The van der Waals surface area contributed by atoms with Crippen LogP contribution in [-0.2, 0) is 5.41 Å². The predicted octanol–water partition coefficient (Wildman–Crippen LogP) is 7.64. The quantitative estimate of drug-likeness (QED) is 0.102. The lowest BCUT2D eigenvalue weighted by Gasteiger charge is -2.36. The normalized spacial score (nSPS) is 15.7. The van der Waals surface area contributed by atoms with Gasteiger partial charge < -0.3 is 14.6 Å². The molecule has 1 N–H and O–H groups in total. The molecule has 5 heteroatoms. The fraction of sp³-hybridized carbons (Fsp3) is 0.211. The molecule has 0 aliphatic heterocycles. The van der Waals surface area contributed by atoms with E-state index in [2.05, 4.69) is 84.8 Å².